The molecule has 0 spiro atoms. The van der Waals surface area contributed by atoms with Crippen molar-refractivity contribution in [2.75, 3.05) is 13.2 Å². The highest BCUT2D eigenvalue weighted by Gasteiger charge is 2.55. The topological polar surface area (TPSA) is 247 Å². The van der Waals surface area contributed by atoms with Crippen molar-refractivity contribution in [2.45, 2.75) is 117 Å². The molecule has 22 heteroatoms. The van der Waals surface area contributed by atoms with Gasteiger partial charge in [-0.25, -0.2) is 0 Å². The van der Waals surface area contributed by atoms with Crippen LogP contribution in [-0.4, -0.2) is 122 Å². The minimum Gasteiger partial charge on any atom is -0.463 e. The molecule has 56 heavy (non-hydrogen) atoms. The van der Waals surface area contributed by atoms with Gasteiger partial charge in [0.25, 0.3) is 0 Å². The summed E-state index contributed by atoms with van der Waals surface area (Å²) in [5.41, 5.74) is 0. The van der Waals surface area contributed by atoms with Crippen LogP contribution in [0.4, 0.5) is 0 Å². The van der Waals surface area contributed by atoms with Crippen LogP contribution in [0.15, 0.2) is 12.1 Å². The Morgan fingerprint density at radius 2 is 0.714 bits per heavy atom. The van der Waals surface area contributed by atoms with Gasteiger partial charge in [0.2, 0.25) is 24.8 Å². The number of rotatable bonds is 14. The van der Waals surface area contributed by atoms with E-state index >= 15 is 0 Å². The number of ether oxygens (including phenoxy) is 12. The predicted molar refractivity (Wildman–Crippen MR) is 197 cm³/mol. The van der Waals surface area contributed by atoms with Crippen LogP contribution in [0.25, 0.3) is 0 Å². The summed E-state index contributed by atoms with van der Waals surface area (Å²) in [5, 5.41) is 0. The van der Waals surface area contributed by atoms with Gasteiger partial charge in [-0.05, 0) is 57.3 Å². The molecule has 0 aromatic heterocycles. The third-order valence-corrected chi connectivity index (χ3v) is 9.06. The quantitative estimate of drug-likeness (QED) is 0.146. The van der Waals surface area contributed by atoms with Crippen LogP contribution in [0.5, 0.6) is 11.5 Å². The molecule has 0 N–H and O–H groups in total. The molecule has 0 bridgehead atoms. The first-order valence-electron chi connectivity index (χ1n) is 16.6. The molecule has 2 heterocycles. The maximum atomic E-state index is 12.3. The van der Waals surface area contributed by atoms with Gasteiger partial charge in [0.05, 0.1) is 7.14 Å². The molecule has 10 atom stereocenters. The van der Waals surface area contributed by atoms with Crippen LogP contribution in [0, 0.1) is 7.14 Å². The summed E-state index contributed by atoms with van der Waals surface area (Å²) in [7, 11) is 0. The number of carbonyl (C=O) groups is 8. The molecule has 0 radical (unpaired) electrons. The lowest BCUT2D eigenvalue weighted by atomic mass is 9.98. The summed E-state index contributed by atoms with van der Waals surface area (Å²) >= 11 is 3.76. The molecular weight excluding hydrogens is 982 g/mol. The van der Waals surface area contributed by atoms with Crippen LogP contribution in [0.1, 0.15) is 55.4 Å². The van der Waals surface area contributed by atoms with Gasteiger partial charge in [0, 0.05) is 55.4 Å². The zero-order chi connectivity index (χ0) is 42.0. The molecule has 2 fully saturated rings. The fourth-order valence-electron chi connectivity index (χ4n) is 5.51. The van der Waals surface area contributed by atoms with E-state index in [1.54, 1.807) is 0 Å². The molecule has 0 saturated carbocycles. The summed E-state index contributed by atoms with van der Waals surface area (Å²) in [6.07, 6.45) is -14.5. The average molecular weight is 1020 g/mol. The van der Waals surface area contributed by atoms with Crippen LogP contribution >= 0.6 is 45.2 Å². The Morgan fingerprint density at radius 1 is 0.446 bits per heavy atom. The first kappa shape index (κ1) is 46.3. The molecule has 3 rings (SSSR count). The predicted octanol–water partition coefficient (Wildman–Crippen LogP) is 1.82. The Bertz CT molecular complexity index is 1550. The second-order valence-corrected chi connectivity index (χ2v) is 14.4. The standard InChI is InChI=1S/C34H40I2O20/c1-13(37)45-11-25-27(47-15(3)39)29(49-17(5)41)31(51-19(7)43)33(55-25)53-23-9-22(36)24(10-21(23)35)54-34-32(52-20(8)44)30(50-18(6)42)28(48-16(4)40)26(56-34)12-46-14(2)38/h9-10,25-34H,11-12H2,1-8H3/t25?,26?,27-,28-,29+,30?,31?,32+,33-,34-/m1/s1. The Morgan fingerprint density at radius 3 is 0.982 bits per heavy atom. The van der Waals surface area contributed by atoms with Crippen molar-refractivity contribution in [3.8, 4) is 11.5 Å². The van der Waals surface area contributed by atoms with Gasteiger partial charge in [-0.15, -0.1) is 0 Å². The van der Waals surface area contributed by atoms with E-state index in [2.05, 4.69) is 0 Å². The minimum absolute atomic E-state index is 0.102. The van der Waals surface area contributed by atoms with Gasteiger partial charge in [-0.2, -0.15) is 0 Å². The van der Waals surface area contributed by atoms with E-state index in [4.69, 9.17) is 56.8 Å². The van der Waals surface area contributed by atoms with Gasteiger partial charge < -0.3 is 56.8 Å². The van der Waals surface area contributed by atoms with E-state index in [0.29, 0.717) is 7.14 Å². The summed E-state index contributed by atoms with van der Waals surface area (Å²) in [4.78, 5) is 96.6. The highest BCUT2D eigenvalue weighted by molar-refractivity contribution is 14.1. The van der Waals surface area contributed by atoms with Crippen molar-refractivity contribution < 1.29 is 95.2 Å². The second kappa shape index (κ2) is 20.9. The molecule has 0 amide bonds. The van der Waals surface area contributed by atoms with Crippen molar-refractivity contribution in [3.05, 3.63) is 19.3 Å². The van der Waals surface area contributed by atoms with Crippen LogP contribution in [-0.2, 0) is 85.7 Å². The van der Waals surface area contributed by atoms with E-state index in [1.807, 2.05) is 45.2 Å². The molecule has 20 nitrogen and oxygen atoms in total. The Kier molecular flexibility index (Phi) is 17.3. The maximum Gasteiger partial charge on any atom is 0.303 e. The summed E-state index contributed by atoms with van der Waals surface area (Å²) < 4.78 is 68.0. The van der Waals surface area contributed by atoms with Gasteiger partial charge in [-0.3, -0.25) is 38.4 Å². The number of carbonyl (C=O) groups excluding carboxylic acids is 8. The number of hydrogen-bond donors (Lipinski definition) is 0. The first-order valence-corrected chi connectivity index (χ1v) is 18.8. The number of benzene rings is 1. The van der Waals surface area contributed by atoms with Gasteiger partial charge >= 0.3 is 47.8 Å². The molecule has 4 unspecified atom stereocenters. The monoisotopic (exact) mass is 1020 g/mol. The van der Waals surface area contributed by atoms with Crippen LogP contribution in [0.3, 0.4) is 0 Å². The number of esters is 8. The minimum atomic E-state index is -1.55. The molecule has 1 aromatic rings. The Labute approximate surface area is 347 Å². The van der Waals surface area contributed by atoms with Crippen molar-refractivity contribution in [1.82, 2.24) is 0 Å². The summed E-state index contributed by atoms with van der Waals surface area (Å²) in [5.74, 6) is -6.13. The smallest absolute Gasteiger partial charge is 0.303 e. The van der Waals surface area contributed by atoms with Crippen molar-refractivity contribution in [2.24, 2.45) is 0 Å². The van der Waals surface area contributed by atoms with E-state index in [1.165, 1.54) is 12.1 Å². The normalized spacial score (nSPS) is 27.0. The lowest BCUT2D eigenvalue weighted by molar-refractivity contribution is -0.289. The highest BCUT2D eigenvalue weighted by atomic mass is 127. The van der Waals surface area contributed by atoms with Crippen molar-refractivity contribution in [3.63, 3.8) is 0 Å². The average Bonchev–Trinajstić information content (AvgIpc) is 3.05. The SMILES string of the molecule is CC(=O)OCC1O[C@@H](Oc2cc(I)c(O[C@@H]3OC(COC(C)=O)[C@@H](OC(C)=O)[C@H](OC(C)=O)C3OC(C)=O)cc2I)[C@@H](OC(C)=O)C(OC(C)=O)[C@@H]1OC(C)=O. The van der Waals surface area contributed by atoms with E-state index in [0.717, 1.165) is 55.4 Å². The Balaban J connectivity index is 2.05. The van der Waals surface area contributed by atoms with Crippen LogP contribution in [0.2, 0.25) is 0 Å². The third-order valence-electron chi connectivity index (χ3n) is 7.37. The maximum absolute atomic E-state index is 12.3. The van der Waals surface area contributed by atoms with Gasteiger partial charge in [0.1, 0.15) is 36.9 Å². The molecule has 2 saturated heterocycles. The lowest BCUT2D eigenvalue weighted by Crippen LogP contribution is -2.63. The first-order chi connectivity index (χ1) is 26.2. The second-order valence-electron chi connectivity index (χ2n) is 12.1. The zero-order valence-corrected chi connectivity index (χ0v) is 35.6. The van der Waals surface area contributed by atoms with Crippen LogP contribution < -0.4 is 9.47 Å². The van der Waals surface area contributed by atoms with E-state index in [9.17, 15) is 38.4 Å². The fourth-order valence-corrected chi connectivity index (χ4v) is 6.64. The fraction of sp³-hybridized carbons (Fsp3) is 0.588. The molecule has 1 aromatic carbocycles. The van der Waals surface area contributed by atoms with E-state index in [-0.39, 0.29) is 11.5 Å². The lowest BCUT2D eigenvalue weighted by Gasteiger charge is -2.44. The molecule has 2 aliphatic heterocycles. The molecule has 2 aliphatic rings. The molecule has 310 valence electrons. The molecule has 0 aliphatic carbocycles. The third kappa shape index (κ3) is 13.6. The highest BCUT2D eigenvalue weighted by Crippen LogP contribution is 2.38. The number of hydrogen-bond acceptors (Lipinski definition) is 20. The Hall–Kier alpha value is -4.04. The number of halogens is 2. The van der Waals surface area contributed by atoms with Gasteiger partial charge in [0.15, 0.2) is 24.4 Å². The summed E-state index contributed by atoms with van der Waals surface area (Å²) in [6.45, 7) is 7.83. The van der Waals surface area contributed by atoms with Crippen molar-refractivity contribution in [1.29, 1.82) is 0 Å². The van der Waals surface area contributed by atoms with E-state index < -0.39 is 122 Å². The van der Waals surface area contributed by atoms with Crippen molar-refractivity contribution >= 4 is 92.9 Å². The summed E-state index contributed by atoms with van der Waals surface area (Å²) in [6, 6.07) is 2.94. The van der Waals surface area contributed by atoms with Gasteiger partial charge in [-0.1, -0.05) is 0 Å². The zero-order valence-electron chi connectivity index (χ0n) is 31.3. The molecular formula is C34H40I2O20. The largest absolute Gasteiger partial charge is 0.463 e.